The number of nitrogens with zero attached hydrogens (tertiary/aromatic N) is 1. The summed E-state index contributed by atoms with van der Waals surface area (Å²) in [5.74, 6) is 1.51. The number of ether oxygens (including phenoxy) is 1. The monoisotopic (exact) mass is 207 g/mol. The summed E-state index contributed by atoms with van der Waals surface area (Å²) in [5.41, 5.74) is 7.50. The standard InChI is InChI=1S/C11H17N3O/c1-8-4-11(14-6-10(8)12)13-5-9-2-3-15-7-9/h4,6,9H,2-3,5,7,12H2,1H3,(H,13,14). The van der Waals surface area contributed by atoms with Gasteiger partial charge in [0.25, 0.3) is 0 Å². The summed E-state index contributed by atoms with van der Waals surface area (Å²) in [6.07, 6.45) is 2.84. The van der Waals surface area contributed by atoms with E-state index in [0.29, 0.717) is 5.92 Å². The van der Waals surface area contributed by atoms with Gasteiger partial charge in [0.1, 0.15) is 5.82 Å². The molecule has 1 aliphatic rings. The summed E-state index contributed by atoms with van der Waals surface area (Å²) in [6, 6.07) is 1.98. The molecule has 15 heavy (non-hydrogen) atoms. The second-order valence-corrected chi connectivity index (χ2v) is 4.04. The maximum absolute atomic E-state index is 5.70. The maximum Gasteiger partial charge on any atom is 0.126 e. The summed E-state index contributed by atoms with van der Waals surface area (Å²) in [6.45, 7) is 4.67. The molecule has 0 radical (unpaired) electrons. The molecule has 82 valence electrons. The molecule has 2 rings (SSSR count). The molecular formula is C11H17N3O. The summed E-state index contributed by atoms with van der Waals surface area (Å²) < 4.78 is 5.31. The van der Waals surface area contributed by atoms with Gasteiger partial charge in [0.2, 0.25) is 0 Å². The number of nitrogen functional groups attached to an aromatic ring is 1. The molecule has 1 saturated heterocycles. The molecular weight excluding hydrogens is 190 g/mol. The fourth-order valence-corrected chi connectivity index (χ4v) is 1.66. The molecule has 1 fully saturated rings. The summed E-state index contributed by atoms with van der Waals surface area (Å²) >= 11 is 0. The van der Waals surface area contributed by atoms with E-state index >= 15 is 0 Å². The maximum atomic E-state index is 5.70. The number of pyridine rings is 1. The zero-order valence-corrected chi connectivity index (χ0v) is 8.99. The van der Waals surface area contributed by atoms with E-state index in [2.05, 4.69) is 10.3 Å². The molecule has 1 atom stereocenters. The molecule has 0 aromatic carbocycles. The molecule has 1 aromatic heterocycles. The molecule has 3 N–H and O–H groups in total. The van der Waals surface area contributed by atoms with Crippen molar-refractivity contribution in [3.05, 3.63) is 17.8 Å². The normalized spacial score (nSPS) is 20.5. The van der Waals surface area contributed by atoms with E-state index in [0.717, 1.165) is 43.2 Å². The second-order valence-electron chi connectivity index (χ2n) is 4.04. The first-order valence-electron chi connectivity index (χ1n) is 5.29. The highest BCUT2D eigenvalue weighted by Gasteiger charge is 2.15. The van der Waals surface area contributed by atoms with Crippen LogP contribution >= 0.6 is 0 Å². The van der Waals surface area contributed by atoms with E-state index < -0.39 is 0 Å². The third kappa shape index (κ3) is 2.59. The summed E-state index contributed by atoms with van der Waals surface area (Å²) in [7, 11) is 0. The average Bonchev–Trinajstić information content (AvgIpc) is 2.73. The Hall–Kier alpha value is -1.29. The predicted molar refractivity (Wildman–Crippen MR) is 60.8 cm³/mol. The van der Waals surface area contributed by atoms with E-state index in [1.165, 1.54) is 0 Å². The SMILES string of the molecule is Cc1cc(NCC2CCOC2)ncc1N. The Morgan fingerprint density at radius 1 is 1.67 bits per heavy atom. The van der Waals surface area contributed by atoms with Crippen LogP contribution in [0.5, 0.6) is 0 Å². The molecule has 4 nitrogen and oxygen atoms in total. The van der Waals surface area contributed by atoms with E-state index in [1.807, 2.05) is 13.0 Å². The van der Waals surface area contributed by atoms with Crippen LogP contribution in [-0.4, -0.2) is 24.7 Å². The van der Waals surface area contributed by atoms with Crippen LogP contribution in [0.1, 0.15) is 12.0 Å². The third-order valence-corrected chi connectivity index (χ3v) is 2.75. The lowest BCUT2D eigenvalue weighted by molar-refractivity contribution is 0.187. The van der Waals surface area contributed by atoms with E-state index in [-0.39, 0.29) is 0 Å². The largest absolute Gasteiger partial charge is 0.397 e. The van der Waals surface area contributed by atoms with Crippen LogP contribution in [0.4, 0.5) is 11.5 Å². The highest BCUT2D eigenvalue weighted by molar-refractivity contribution is 5.50. The van der Waals surface area contributed by atoms with Crippen LogP contribution in [0.3, 0.4) is 0 Å². The molecule has 0 amide bonds. The van der Waals surface area contributed by atoms with Crippen molar-refractivity contribution in [3.8, 4) is 0 Å². The van der Waals surface area contributed by atoms with Crippen molar-refractivity contribution in [2.45, 2.75) is 13.3 Å². The number of nitrogens with two attached hydrogens (primary N) is 1. The lowest BCUT2D eigenvalue weighted by Gasteiger charge is -2.10. The van der Waals surface area contributed by atoms with E-state index in [9.17, 15) is 0 Å². The molecule has 0 spiro atoms. The molecule has 1 unspecified atom stereocenters. The quantitative estimate of drug-likeness (QED) is 0.787. The van der Waals surface area contributed by atoms with Gasteiger partial charge in [-0.2, -0.15) is 0 Å². The van der Waals surface area contributed by atoms with Gasteiger partial charge in [0.15, 0.2) is 0 Å². The van der Waals surface area contributed by atoms with Gasteiger partial charge in [-0.3, -0.25) is 0 Å². The van der Waals surface area contributed by atoms with Crippen LogP contribution in [0.25, 0.3) is 0 Å². The lowest BCUT2D eigenvalue weighted by Crippen LogP contribution is -2.14. The smallest absolute Gasteiger partial charge is 0.126 e. The third-order valence-electron chi connectivity index (χ3n) is 2.75. The Morgan fingerprint density at radius 3 is 3.20 bits per heavy atom. The molecule has 2 heterocycles. The summed E-state index contributed by atoms with van der Waals surface area (Å²) in [5, 5.41) is 3.31. The zero-order valence-electron chi connectivity index (χ0n) is 8.99. The fraction of sp³-hybridized carbons (Fsp3) is 0.545. The lowest BCUT2D eigenvalue weighted by atomic mass is 10.1. The Bertz CT molecular complexity index is 335. The number of nitrogens with one attached hydrogen (secondary N) is 1. The minimum Gasteiger partial charge on any atom is -0.397 e. The average molecular weight is 207 g/mol. The Labute approximate surface area is 89.8 Å². The molecule has 4 heteroatoms. The van der Waals surface area contributed by atoms with E-state index in [4.69, 9.17) is 10.5 Å². The van der Waals surface area contributed by atoms with Gasteiger partial charge >= 0.3 is 0 Å². The van der Waals surface area contributed by atoms with Gasteiger partial charge in [-0.05, 0) is 25.0 Å². The van der Waals surface area contributed by atoms with Gasteiger partial charge in [0, 0.05) is 19.1 Å². The molecule has 1 aliphatic heterocycles. The van der Waals surface area contributed by atoms with Gasteiger partial charge in [0.05, 0.1) is 18.5 Å². The number of hydrogen-bond donors (Lipinski definition) is 2. The number of rotatable bonds is 3. The topological polar surface area (TPSA) is 60.2 Å². The first-order valence-corrected chi connectivity index (χ1v) is 5.29. The Kier molecular flexibility index (Phi) is 3.06. The summed E-state index contributed by atoms with van der Waals surface area (Å²) in [4.78, 5) is 4.22. The second kappa shape index (κ2) is 4.49. The molecule has 0 aliphatic carbocycles. The minimum atomic E-state index is 0.615. The molecule has 0 saturated carbocycles. The van der Waals surface area contributed by atoms with Crippen molar-refractivity contribution in [1.29, 1.82) is 0 Å². The fourth-order valence-electron chi connectivity index (χ4n) is 1.66. The van der Waals surface area contributed by atoms with Gasteiger partial charge in [-0.25, -0.2) is 4.98 Å². The van der Waals surface area contributed by atoms with Crippen molar-refractivity contribution in [2.24, 2.45) is 5.92 Å². The van der Waals surface area contributed by atoms with Crippen LogP contribution in [-0.2, 0) is 4.74 Å². The highest BCUT2D eigenvalue weighted by Crippen LogP contribution is 2.16. The van der Waals surface area contributed by atoms with Crippen LogP contribution < -0.4 is 11.1 Å². The van der Waals surface area contributed by atoms with Crippen LogP contribution in [0.2, 0.25) is 0 Å². The number of aromatic nitrogens is 1. The van der Waals surface area contributed by atoms with Gasteiger partial charge in [-0.1, -0.05) is 0 Å². The van der Waals surface area contributed by atoms with Gasteiger partial charge in [-0.15, -0.1) is 0 Å². The zero-order chi connectivity index (χ0) is 10.7. The molecule has 0 bridgehead atoms. The van der Waals surface area contributed by atoms with Crippen molar-refractivity contribution in [3.63, 3.8) is 0 Å². The minimum absolute atomic E-state index is 0.615. The van der Waals surface area contributed by atoms with Crippen molar-refractivity contribution >= 4 is 11.5 Å². The van der Waals surface area contributed by atoms with Crippen LogP contribution in [0.15, 0.2) is 12.3 Å². The van der Waals surface area contributed by atoms with Crippen LogP contribution in [0, 0.1) is 12.8 Å². The Balaban J connectivity index is 1.90. The number of hydrogen-bond acceptors (Lipinski definition) is 4. The number of aryl methyl sites for hydroxylation is 1. The van der Waals surface area contributed by atoms with Crippen molar-refractivity contribution in [1.82, 2.24) is 4.98 Å². The number of anilines is 2. The predicted octanol–water partition coefficient (Wildman–Crippen LogP) is 1.42. The molecule has 1 aromatic rings. The first-order chi connectivity index (χ1) is 7.25. The van der Waals surface area contributed by atoms with Crippen molar-refractivity contribution in [2.75, 3.05) is 30.8 Å². The Morgan fingerprint density at radius 2 is 2.53 bits per heavy atom. The van der Waals surface area contributed by atoms with E-state index in [1.54, 1.807) is 6.20 Å². The van der Waals surface area contributed by atoms with Gasteiger partial charge < -0.3 is 15.8 Å². The first kappa shape index (κ1) is 10.2. The highest BCUT2D eigenvalue weighted by atomic mass is 16.5. The van der Waals surface area contributed by atoms with Crippen molar-refractivity contribution < 1.29 is 4.74 Å².